The van der Waals surface area contributed by atoms with Gasteiger partial charge in [0.2, 0.25) is 0 Å². The Kier molecular flexibility index (Phi) is 7.27. The van der Waals surface area contributed by atoms with Gasteiger partial charge in [0.05, 0.1) is 0 Å². The minimum atomic E-state index is -0.790. The number of nitrogens with zero attached hydrogens (tertiary/aromatic N) is 4. The average molecular weight is 433 g/mol. The Morgan fingerprint density at radius 1 is 0.645 bits per heavy atom. The Balaban J connectivity index is 2.12. The molecule has 0 atom stereocenters. The van der Waals surface area contributed by atoms with Gasteiger partial charge < -0.3 is 21.3 Å². The number of nitrogens with two attached hydrogens (primary N) is 2. The van der Waals surface area contributed by atoms with Crippen molar-refractivity contribution >= 4 is 47.1 Å². The van der Waals surface area contributed by atoms with Crippen LogP contribution in [-0.4, -0.2) is 40.1 Å². The molecule has 0 fully saturated rings. The van der Waals surface area contributed by atoms with E-state index in [0.717, 1.165) is 11.4 Å². The monoisotopic (exact) mass is 432 g/mol. The van der Waals surface area contributed by atoms with Gasteiger partial charge >= 0.3 is 0 Å². The summed E-state index contributed by atoms with van der Waals surface area (Å²) in [4.78, 5) is 12.0. The van der Waals surface area contributed by atoms with Crippen molar-refractivity contribution in [1.82, 2.24) is 0 Å². The smallest absolute Gasteiger partial charge is 0.195 e. The fourth-order valence-electron chi connectivity index (χ4n) is 3.27. The highest BCUT2D eigenvalue weighted by atomic mass is 31.1. The van der Waals surface area contributed by atoms with Crippen LogP contribution in [0.1, 0.15) is 0 Å². The standard InChI is InChI=1S/C24H29N6P/c1-27-23(25)29(3)18-10-8-14-21(16-18)31(20-12-6-5-7-13-20)22-15-9-11-19(17-22)30(4)24(26)28-2/h5-17H,1-4H3,(H2,25,27)(H2,26,28). The third-order valence-corrected chi connectivity index (χ3v) is 7.51. The molecule has 3 aromatic carbocycles. The van der Waals surface area contributed by atoms with Gasteiger partial charge in [0.1, 0.15) is 0 Å². The summed E-state index contributed by atoms with van der Waals surface area (Å²) >= 11 is 0. The summed E-state index contributed by atoms with van der Waals surface area (Å²) in [6.07, 6.45) is 0. The molecule has 160 valence electrons. The second-order valence-corrected chi connectivity index (χ2v) is 9.21. The van der Waals surface area contributed by atoms with Crippen molar-refractivity contribution in [2.45, 2.75) is 0 Å². The molecule has 3 rings (SSSR count). The fraction of sp³-hybridized carbons (Fsp3) is 0.167. The summed E-state index contributed by atoms with van der Waals surface area (Å²) in [5.41, 5.74) is 14.1. The van der Waals surface area contributed by atoms with Crippen molar-refractivity contribution in [3.8, 4) is 0 Å². The van der Waals surface area contributed by atoms with Gasteiger partial charge in [0.25, 0.3) is 0 Å². The zero-order valence-corrected chi connectivity index (χ0v) is 19.3. The normalized spacial score (nSPS) is 13.0. The second-order valence-electron chi connectivity index (χ2n) is 6.99. The maximum Gasteiger partial charge on any atom is 0.195 e. The zero-order chi connectivity index (χ0) is 22.4. The number of benzene rings is 3. The minimum absolute atomic E-state index is 0.471. The predicted octanol–water partition coefficient (Wildman–Crippen LogP) is 2.21. The molecule has 0 amide bonds. The highest BCUT2D eigenvalue weighted by Gasteiger charge is 2.19. The first kappa shape index (κ1) is 22.3. The Hall–Kier alpha value is -3.37. The quantitative estimate of drug-likeness (QED) is 0.368. The molecule has 0 unspecified atom stereocenters. The molecule has 4 N–H and O–H groups in total. The Labute approximate surface area is 185 Å². The van der Waals surface area contributed by atoms with Gasteiger partial charge in [-0.2, -0.15) is 0 Å². The van der Waals surface area contributed by atoms with Crippen LogP contribution in [0.4, 0.5) is 11.4 Å². The summed E-state index contributed by atoms with van der Waals surface area (Å²) < 4.78 is 0. The number of aliphatic imine (C=N–C) groups is 2. The summed E-state index contributed by atoms with van der Waals surface area (Å²) in [5, 5.41) is 3.73. The van der Waals surface area contributed by atoms with Gasteiger partial charge in [-0.05, 0) is 48.1 Å². The van der Waals surface area contributed by atoms with Crippen LogP contribution >= 0.6 is 7.92 Å². The SMILES string of the molecule is CN=C(N)N(C)c1cccc(P(c2ccccc2)c2cccc(N(C)C(N)=NC)c2)c1. The molecule has 0 saturated carbocycles. The first-order valence-electron chi connectivity index (χ1n) is 9.93. The van der Waals surface area contributed by atoms with Crippen molar-refractivity contribution in [2.75, 3.05) is 38.0 Å². The van der Waals surface area contributed by atoms with E-state index < -0.39 is 7.92 Å². The van der Waals surface area contributed by atoms with E-state index in [4.69, 9.17) is 11.5 Å². The number of guanidine groups is 2. The topological polar surface area (TPSA) is 83.2 Å². The van der Waals surface area contributed by atoms with E-state index in [9.17, 15) is 0 Å². The maximum absolute atomic E-state index is 6.04. The molecule has 0 bridgehead atoms. The van der Waals surface area contributed by atoms with Crippen LogP contribution in [0.25, 0.3) is 0 Å². The molecule has 0 spiro atoms. The summed E-state index contributed by atoms with van der Waals surface area (Å²) in [5.74, 6) is 0.943. The lowest BCUT2D eigenvalue weighted by molar-refractivity contribution is 1.20. The molecule has 0 aromatic heterocycles. The van der Waals surface area contributed by atoms with Crippen LogP contribution in [-0.2, 0) is 0 Å². The lowest BCUT2D eigenvalue weighted by atomic mass is 10.3. The number of hydrogen-bond acceptors (Lipinski definition) is 2. The Bertz CT molecular complexity index is 1010. The Morgan fingerprint density at radius 2 is 1.06 bits per heavy atom. The lowest BCUT2D eigenvalue weighted by Crippen LogP contribution is -2.34. The largest absolute Gasteiger partial charge is 0.370 e. The molecular weight excluding hydrogens is 403 g/mol. The van der Waals surface area contributed by atoms with Crippen LogP contribution in [0.15, 0.2) is 88.8 Å². The third-order valence-electron chi connectivity index (χ3n) is 5.11. The number of hydrogen-bond donors (Lipinski definition) is 2. The van der Waals surface area contributed by atoms with Crippen molar-refractivity contribution in [1.29, 1.82) is 0 Å². The van der Waals surface area contributed by atoms with E-state index in [1.165, 1.54) is 15.9 Å². The number of rotatable bonds is 5. The molecule has 31 heavy (non-hydrogen) atoms. The summed E-state index contributed by atoms with van der Waals surface area (Å²) in [7, 11) is 6.45. The molecule has 0 aliphatic heterocycles. The maximum atomic E-state index is 6.04. The number of anilines is 2. The molecule has 6 nitrogen and oxygen atoms in total. The lowest BCUT2D eigenvalue weighted by Gasteiger charge is -2.24. The zero-order valence-electron chi connectivity index (χ0n) is 18.4. The highest BCUT2D eigenvalue weighted by molar-refractivity contribution is 7.79. The predicted molar refractivity (Wildman–Crippen MR) is 137 cm³/mol. The van der Waals surface area contributed by atoms with Crippen LogP contribution in [0.3, 0.4) is 0 Å². The fourth-order valence-corrected chi connectivity index (χ4v) is 5.63. The first-order chi connectivity index (χ1) is 15.0. The van der Waals surface area contributed by atoms with E-state index in [-0.39, 0.29) is 0 Å². The van der Waals surface area contributed by atoms with Crippen LogP contribution in [0.2, 0.25) is 0 Å². The molecule has 3 aromatic rings. The van der Waals surface area contributed by atoms with E-state index in [1.807, 2.05) is 42.1 Å². The van der Waals surface area contributed by atoms with Gasteiger partial charge in [-0.3, -0.25) is 9.98 Å². The van der Waals surface area contributed by atoms with Crippen molar-refractivity contribution in [3.05, 3.63) is 78.9 Å². The molecule has 0 heterocycles. The summed E-state index contributed by atoms with van der Waals surface area (Å²) in [6.45, 7) is 0. The van der Waals surface area contributed by atoms with Crippen LogP contribution in [0.5, 0.6) is 0 Å². The molecule has 0 aliphatic carbocycles. The van der Waals surface area contributed by atoms with Gasteiger partial charge in [0.15, 0.2) is 11.9 Å². The second kappa shape index (κ2) is 10.1. The van der Waals surface area contributed by atoms with Gasteiger partial charge in [-0.25, -0.2) is 0 Å². The minimum Gasteiger partial charge on any atom is -0.370 e. The van der Waals surface area contributed by atoms with Crippen molar-refractivity contribution in [3.63, 3.8) is 0 Å². The van der Waals surface area contributed by atoms with E-state index in [2.05, 4.69) is 70.6 Å². The molecule has 0 radical (unpaired) electrons. The van der Waals surface area contributed by atoms with E-state index in [0.29, 0.717) is 11.9 Å². The first-order valence-corrected chi connectivity index (χ1v) is 11.3. The van der Waals surface area contributed by atoms with E-state index in [1.54, 1.807) is 14.1 Å². The van der Waals surface area contributed by atoms with Crippen LogP contribution < -0.4 is 37.2 Å². The molecule has 0 saturated heterocycles. The van der Waals surface area contributed by atoms with Crippen molar-refractivity contribution in [2.24, 2.45) is 21.5 Å². The molecular formula is C24H29N6P. The third kappa shape index (κ3) is 5.04. The van der Waals surface area contributed by atoms with Gasteiger partial charge in [0, 0.05) is 39.6 Å². The van der Waals surface area contributed by atoms with E-state index >= 15 is 0 Å². The average Bonchev–Trinajstić information content (AvgIpc) is 2.83. The molecule has 0 aliphatic rings. The molecule has 7 heteroatoms. The van der Waals surface area contributed by atoms with Gasteiger partial charge in [-0.15, -0.1) is 0 Å². The summed E-state index contributed by atoms with van der Waals surface area (Å²) in [6, 6.07) is 27.5. The van der Waals surface area contributed by atoms with Crippen LogP contribution in [0, 0.1) is 0 Å². The van der Waals surface area contributed by atoms with Crippen molar-refractivity contribution < 1.29 is 0 Å². The highest BCUT2D eigenvalue weighted by Crippen LogP contribution is 2.35. The van der Waals surface area contributed by atoms with Gasteiger partial charge in [-0.1, -0.05) is 54.6 Å². The Morgan fingerprint density at radius 3 is 1.48 bits per heavy atom.